The Labute approximate surface area is 141 Å². The highest BCUT2D eigenvalue weighted by Crippen LogP contribution is 2.16. The summed E-state index contributed by atoms with van der Waals surface area (Å²) in [4.78, 5) is -0.108. The van der Waals surface area contributed by atoms with Gasteiger partial charge in [-0.1, -0.05) is 64.7 Å². The summed E-state index contributed by atoms with van der Waals surface area (Å²) in [6.07, 6.45) is 12.8. The summed E-state index contributed by atoms with van der Waals surface area (Å²) in [5, 5.41) is 0. The van der Waals surface area contributed by atoms with Gasteiger partial charge in [0, 0.05) is 0 Å². The van der Waals surface area contributed by atoms with Crippen molar-refractivity contribution in [2.75, 3.05) is 6.61 Å². The van der Waals surface area contributed by atoms with Gasteiger partial charge in [0.2, 0.25) is 0 Å². The summed E-state index contributed by atoms with van der Waals surface area (Å²) in [7, 11) is -4.12. The number of unbranched alkanes of at least 4 members (excludes halogenated alkanes) is 9. The van der Waals surface area contributed by atoms with Crippen molar-refractivity contribution in [1.82, 2.24) is 0 Å². The zero-order valence-electron chi connectivity index (χ0n) is 14.2. The third-order valence-corrected chi connectivity index (χ3v) is 4.76. The Morgan fingerprint density at radius 1 is 0.826 bits per heavy atom. The lowest BCUT2D eigenvalue weighted by Gasteiger charge is -2.06. The predicted octanol–water partition coefficient (Wildman–Crippen LogP) is 5.23. The fourth-order valence-corrected chi connectivity index (χ4v) is 2.97. The molecule has 0 saturated carbocycles. The van der Waals surface area contributed by atoms with Gasteiger partial charge in [0.25, 0.3) is 10.1 Å². The first-order valence-electron chi connectivity index (χ1n) is 8.74. The maximum Gasteiger partial charge on any atom is 0.294 e. The molecule has 0 aliphatic carbocycles. The first-order chi connectivity index (χ1) is 11.0. The Morgan fingerprint density at radius 2 is 1.30 bits per heavy atom. The Bertz CT molecular complexity index is 508. The van der Waals surface area contributed by atoms with Crippen LogP contribution in [0.15, 0.2) is 29.2 Å². The van der Waals surface area contributed by atoms with Gasteiger partial charge in [-0.2, -0.15) is 8.42 Å². The number of rotatable bonds is 13. The second-order valence-corrected chi connectivity index (χ2v) is 7.40. The van der Waals surface area contributed by atoms with Gasteiger partial charge >= 0.3 is 0 Å². The highest BCUT2D eigenvalue weighted by molar-refractivity contribution is 7.85. The van der Waals surface area contributed by atoms with Crippen molar-refractivity contribution in [1.29, 1.82) is 0 Å². The number of ether oxygens (including phenoxy) is 1. The molecular formula is C18H30O4S. The third-order valence-electron chi connectivity index (χ3n) is 3.89. The summed E-state index contributed by atoms with van der Waals surface area (Å²) < 4.78 is 36.3. The molecule has 1 aromatic carbocycles. The van der Waals surface area contributed by atoms with Gasteiger partial charge < -0.3 is 4.74 Å². The van der Waals surface area contributed by atoms with E-state index in [1.807, 2.05) is 0 Å². The van der Waals surface area contributed by atoms with Crippen LogP contribution in [-0.2, 0) is 10.1 Å². The van der Waals surface area contributed by atoms with Crippen molar-refractivity contribution < 1.29 is 17.7 Å². The van der Waals surface area contributed by atoms with Gasteiger partial charge in [-0.3, -0.25) is 4.55 Å². The van der Waals surface area contributed by atoms with E-state index in [-0.39, 0.29) is 4.90 Å². The van der Waals surface area contributed by atoms with E-state index in [2.05, 4.69) is 6.92 Å². The molecule has 0 atom stereocenters. The van der Waals surface area contributed by atoms with Crippen LogP contribution in [0.3, 0.4) is 0 Å². The number of benzene rings is 1. The molecule has 5 heteroatoms. The maximum absolute atomic E-state index is 10.9. The molecule has 0 aliphatic rings. The van der Waals surface area contributed by atoms with E-state index in [1.54, 1.807) is 12.1 Å². The second kappa shape index (κ2) is 11.5. The van der Waals surface area contributed by atoms with Crippen molar-refractivity contribution in [3.8, 4) is 5.75 Å². The van der Waals surface area contributed by atoms with Crippen molar-refractivity contribution in [2.45, 2.75) is 76.0 Å². The topological polar surface area (TPSA) is 63.6 Å². The van der Waals surface area contributed by atoms with E-state index in [1.165, 1.54) is 63.5 Å². The molecule has 1 rings (SSSR count). The normalized spacial score (nSPS) is 11.6. The largest absolute Gasteiger partial charge is 0.494 e. The molecule has 0 saturated heterocycles. The smallest absolute Gasteiger partial charge is 0.294 e. The van der Waals surface area contributed by atoms with E-state index in [4.69, 9.17) is 9.29 Å². The van der Waals surface area contributed by atoms with E-state index < -0.39 is 10.1 Å². The van der Waals surface area contributed by atoms with E-state index >= 15 is 0 Å². The van der Waals surface area contributed by atoms with E-state index in [0.29, 0.717) is 12.4 Å². The summed E-state index contributed by atoms with van der Waals surface area (Å²) in [5.74, 6) is 0.633. The van der Waals surface area contributed by atoms with Crippen LogP contribution in [-0.4, -0.2) is 19.6 Å². The van der Waals surface area contributed by atoms with Gasteiger partial charge in [-0.15, -0.1) is 0 Å². The van der Waals surface area contributed by atoms with Crippen LogP contribution < -0.4 is 4.74 Å². The maximum atomic E-state index is 10.9. The van der Waals surface area contributed by atoms with Gasteiger partial charge in [-0.25, -0.2) is 0 Å². The van der Waals surface area contributed by atoms with Crippen molar-refractivity contribution in [3.05, 3.63) is 24.3 Å². The van der Waals surface area contributed by atoms with Crippen molar-refractivity contribution in [2.24, 2.45) is 0 Å². The summed E-state index contributed by atoms with van der Waals surface area (Å²) >= 11 is 0. The van der Waals surface area contributed by atoms with Crippen LogP contribution in [0.2, 0.25) is 0 Å². The number of hydrogen-bond acceptors (Lipinski definition) is 3. The molecule has 0 heterocycles. The molecule has 132 valence electrons. The van der Waals surface area contributed by atoms with Crippen molar-refractivity contribution >= 4 is 10.1 Å². The van der Waals surface area contributed by atoms with Crippen LogP contribution in [0.25, 0.3) is 0 Å². The van der Waals surface area contributed by atoms with Crippen LogP contribution in [0.4, 0.5) is 0 Å². The van der Waals surface area contributed by atoms with E-state index in [0.717, 1.165) is 12.8 Å². The zero-order valence-corrected chi connectivity index (χ0v) is 15.0. The SMILES string of the molecule is CCCCCCCCCCCCOc1ccc(S(=O)(=O)O)cc1. The molecule has 23 heavy (non-hydrogen) atoms. The van der Waals surface area contributed by atoms with Crippen LogP contribution >= 0.6 is 0 Å². The van der Waals surface area contributed by atoms with Crippen LogP contribution in [0.5, 0.6) is 5.75 Å². The Kier molecular flexibility index (Phi) is 9.96. The fraction of sp³-hybridized carbons (Fsp3) is 0.667. The molecule has 0 spiro atoms. The minimum Gasteiger partial charge on any atom is -0.494 e. The monoisotopic (exact) mass is 342 g/mol. The third kappa shape index (κ3) is 9.61. The van der Waals surface area contributed by atoms with Gasteiger partial charge in [0.05, 0.1) is 11.5 Å². The summed E-state index contributed by atoms with van der Waals surface area (Å²) in [5.41, 5.74) is 0. The van der Waals surface area contributed by atoms with Crippen LogP contribution in [0.1, 0.15) is 71.1 Å². The van der Waals surface area contributed by atoms with Crippen molar-refractivity contribution in [3.63, 3.8) is 0 Å². The van der Waals surface area contributed by atoms with Crippen LogP contribution in [0, 0.1) is 0 Å². The molecule has 0 unspecified atom stereocenters. The second-order valence-electron chi connectivity index (χ2n) is 5.98. The average Bonchev–Trinajstić information content (AvgIpc) is 2.52. The molecule has 0 aliphatic heterocycles. The highest BCUT2D eigenvalue weighted by Gasteiger charge is 2.08. The lowest BCUT2D eigenvalue weighted by Crippen LogP contribution is -2.00. The molecule has 0 amide bonds. The summed E-state index contributed by atoms with van der Waals surface area (Å²) in [6, 6.07) is 5.84. The van der Waals surface area contributed by atoms with Gasteiger partial charge in [0.1, 0.15) is 5.75 Å². The molecule has 1 aromatic rings. The molecule has 1 N–H and O–H groups in total. The average molecular weight is 343 g/mol. The Balaban J connectivity index is 2.01. The van der Waals surface area contributed by atoms with Gasteiger partial charge in [-0.05, 0) is 30.7 Å². The minimum atomic E-state index is -4.12. The Hall–Kier alpha value is -1.07. The molecular weight excluding hydrogens is 312 g/mol. The molecule has 0 aromatic heterocycles. The molecule has 0 fully saturated rings. The minimum absolute atomic E-state index is 0.108. The zero-order chi connectivity index (χ0) is 17.0. The molecule has 4 nitrogen and oxygen atoms in total. The van der Waals surface area contributed by atoms with E-state index in [9.17, 15) is 8.42 Å². The van der Waals surface area contributed by atoms with Gasteiger partial charge in [0.15, 0.2) is 0 Å². The first kappa shape index (κ1) is 20.0. The highest BCUT2D eigenvalue weighted by atomic mass is 32.2. The lowest BCUT2D eigenvalue weighted by atomic mass is 10.1. The molecule has 0 radical (unpaired) electrons. The predicted molar refractivity (Wildman–Crippen MR) is 93.6 cm³/mol. The summed E-state index contributed by atoms with van der Waals surface area (Å²) in [6.45, 7) is 2.88. The standard InChI is InChI=1S/C18H30O4S/c1-2-3-4-5-6-7-8-9-10-11-16-22-17-12-14-18(15-13-17)23(19,20)21/h12-15H,2-11,16H2,1H3,(H,19,20,21). The molecule has 0 bridgehead atoms. The Morgan fingerprint density at radius 3 is 1.78 bits per heavy atom. The first-order valence-corrected chi connectivity index (χ1v) is 10.2. The lowest BCUT2D eigenvalue weighted by molar-refractivity contribution is 0.304. The number of hydrogen-bond donors (Lipinski definition) is 1. The quantitative estimate of drug-likeness (QED) is 0.393. The fourth-order valence-electron chi connectivity index (χ4n) is 2.49.